The first-order valence-electron chi connectivity index (χ1n) is 8.46. The van der Waals surface area contributed by atoms with Crippen molar-refractivity contribution >= 4 is 17.5 Å². The number of hydrogen-bond acceptors (Lipinski definition) is 5. The zero-order valence-electron chi connectivity index (χ0n) is 16.1. The van der Waals surface area contributed by atoms with E-state index in [-0.39, 0.29) is 18.4 Å². The van der Waals surface area contributed by atoms with E-state index < -0.39 is 46.8 Å². The van der Waals surface area contributed by atoms with Crippen LogP contribution in [0.1, 0.15) is 11.1 Å². The molecule has 2 rings (SSSR count). The van der Waals surface area contributed by atoms with Crippen molar-refractivity contribution in [2.45, 2.75) is 12.4 Å². The lowest BCUT2D eigenvalue weighted by atomic mass is 10.1. The maximum atomic E-state index is 13.6. The molecule has 1 amide bonds. The molecule has 3 N–H and O–H groups in total. The summed E-state index contributed by atoms with van der Waals surface area (Å²) in [6, 6.07) is 4.48. The van der Waals surface area contributed by atoms with Crippen molar-refractivity contribution in [2.75, 3.05) is 30.7 Å². The third-order valence-electron chi connectivity index (χ3n) is 4.02. The lowest BCUT2D eigenvalue weighted by Crippen LogP contribution is -2.39. The average molecular weight is 454 g/mol. The summed E-state index contributed by atoms with van der Waals surface area (Å²) in [5.41, 5.74) is -4.23. The van der Waals surface area contributed by atoms with Crippen LogP contribution in [0.4, 0.5) is 46.9 Å². The van der Waals surface area contributed by atoms with E-state index in [1.54, 1.807) is 0 Å². The lowest BCUT2D eigenvalue weighted by molar-refractivity contribution is -0.143. The molecule has 0 atom stereocenters. The number of rotatable bonds is 5. The fourth-order valence-corrected chi connectivity index (χ4v) is 2.49. The van der Waals surface area contributed by atoms with Crippen LogP contribution in [-0.2, 0) is 12.4 Å². The van der Waals surface area contributed by atoms with Crippen LogP contribution in [0.25, 0.3) is 0 Å². The zero-order chi connectivity index (χ0) is 23.6. The standard InChI is InChI=1S/C18H17F7N4O2/c1-27-9-29(26)14-8-10(17(20,21)22)7-13(18(23,24)25)15(14)31-16(30)28(2)12-5-3-11(19)4-6-12/h3-8,27H,9,26H2,1-2H3. The van der Waals surface area contributed by atoms with E-state index in [1.807, 2.05) is 0 Å². The molecule has 0 saturated carbocycles. The number of hydrogen-bond donors (Lipinski definition) is 2. The molecule has 2 aromatic carbocycles. The molecule has 170 valence electrons. The second-order valence-electron chi connectivity index (χ2n) is 6.25. The number of nitrogens with two attached hydrogens (primary N) is 1. The minimum atomic E-state index is -5.31. The maximum Gasteiger partial charge on any atom is 0.420 e. The monoisotopic (exact) mass is 454 g/mol. The second-order valence-corrected chi connectivity index (χ2v) is 6.25. The van der Waals surface area contributed by atoms with E-state index in [0.717, 1.165) is 36.2 Å². The van der Waals surface area contributed by atoms with Gasteiger partial charge in [0.15, 0.2) is 5.75 Å². The smallest absolute Gasteiger partial charge is 0.407 e. The van der Waals surface area contributed by atoms with Crippen LogP contribution >= 0.6 is 0 Å². The molecule has 0 aliphatic carbocycles. The summed E-state index contributed by atoms with van der Waals surface area (Å²) >= 11 is 0. The summed E-state index contributed by atoms with van der Waals surface area (Å²) in [5.74, 6) is 3.76. The van der Waals surface area contributed by atoms with Crippen molar-refractivity contribution in [3.05, 3.63) is 53.3 Å². The molecule has 6 nitrogen and oxygen atoms in total. The van der Waals surface area contributed by atoms with Gasteiger partial charge in [0, 0.05) is 12.7 Å². The Bertz CT molecular complexity index is 930. The number of nitrogens with one attached hydrogen (secondary N) is 1. The molecule has 31 heavy (non-hydrogen) atoms. The van der Waals surface area contributed by atoms with E-state index in [1.165, 1.54) is 7.05 Å². The molecule has 0 fully saturated rings. The predicted molar refractivity (Wildman–Crippen MR) is 97.9 cm³/mol. The molecule has 13 heteroatoms. The number of halogens is 7. The largest absolute Gasteiger partial charge is 0.420 e. The van der Waals surface area contributed by atoms with Gasteiger partial charge in [-0.3, -0.25) is 9.91 Å². The van der Waals surface area contributed by atoms with E-state index in [0.29, 0.717) is 11.1 Å². The quantitative estimate of drug-likeness (QED) is 0.304. The topological polar surface area (TPSA) is 70.8 Å². The van der Waals surface area contributed by atoms with Gasteiger partial charge in [-0.2, -0.15) is 26.3 Å². The summed E-state index contributed by atoms with van der Waals surface area (Å²) in [7, 11) is 2.48. The Morgan fingerprint density at radius 2 is 1.65 bits per heavy atom. The van der Waals surface area contributed by atoms with Crippen LogP contribution < -0.4 is 25.8 Å². The van der Waals surface area contributed by atoms with Gasteiger partial charge in [0.25, 0.3) is 0 Å². The molecule has 0 bridgehead atoms. The van der Waals surface area contributed by atoms with E-state index in [2.05, 4.69) is 5.32 Å². The Balaban J connectivity index is 2.59. The first kappa shape index (κ1) is 24.2. The van der Waals surface area contributed by atoms with Crippen LogP contribution in [0.5, 0.6) is 5.75 Å². The van der Waals surface area contributed by atoms with Gasteiger partial charge in [0.2, 0.25) is 0 Å². The molecule has 0 unspecified atom stereocenters. The third-order valence-corrected chi connectivity index (χ3v) is 4.02. The molecule has 0 aliphatic heterocycles. The first-order chi connectivity index (χ1) is 14.3. The van der Waals surface area contributed by atoms with Crippen LogP contribution in [0.2, 0.25) is 0 Å². The summed E-state index contributed by atoms with van der Waals surface area (Å²) in [5, 5.41) is 3.00. The molecule has 0 spiro atoms. The maximum absolute atomic E-state index is 13.6. The Labute approximate surface area is 171 Å². The Morgan fingerprint density at radius 1 is 1.06 bits per heavy atom. The van der Waals surface area contributed by atoms with Crippen molar-refractivity contribution in [2.24, 2.45) is 5.84 Å². The van der Waals surface area contributed by atoms with Crippen molar-refractivity contribution in [3.63, 3.8) is 0 Å². The minimum absolute atomic E-state index is 0.0632. The summed E-state index contributed by atoms with van der Waals surface area (Å²) in [6.45, 7) is -0.364. The number of benzene rings is 2. The first-order valence-corrected chi connectivity index (χ1v) is 8.46. The number of nitrogens with zero attached hydrogens (tertiary/aromatic N) is 2. The molecule has 0 aromatic heterocycles. The van der Waals surface area contributed by atoms with Gasteiger partial charge in [-0.05, 0) is 43.4 Å². The molecule has 0 saturated heterocycles. The second kappa shape index (κ2) is 8.98. The molecule has 0 heterocycles. The molecular formula is C18H17F7N4O2. The Morgan fingerprint density at radius 3 is 2.13 bits per heavy atom. The van der Waals surface area contributed by atoms with E-state index in [9.17, 15) is 35.5 Å². The average Bonchev–Trinajstić information content (AvgIpc) is 2.66. The van der Waals surface area contributed by atoms with Crippen molar-refractivity contribution in [1.82, 2.24) is 5.32 Å². The minimum Gasteiger partial charge on any atom is -0.407 e. The van der Waals surface area contributed by atoms with Crippen molar-refractivity contribution in [3.8, 4) is 5.75 Å². The lowest BCUT2D eigenvalue weighted by Gasteiger charge is -2.26. The number of amides is 1. The van der Waals surface area contributed by atoms with E-state index >= 15 is 0 Å². The molecular weight excluding hydrogens is 437 g/mol. The number of alkyl halides is 6. The third kappa shape index (κ3) is 5.76. The van der Waals surface area contributed by atoms with Gasteiger partial charge in [-0.1, -0.05) is 0 Å². The van der Waals surface area contributed by atoms with Crippen molar-refractivity contribution < 1.29 is 40.3 Å². The highest BCUT2D eigenvalue weighted by Crippen LogP contribution is 2.45. The highest BCUT2D eigenvalue weighted by Gasteiger charge is 2.42. The number of carbonyl (C=O) groups excluding carboxylic acids is 1. The predicted octanol–water partition coefficient (Wildman–Crippen LogP) is 4.36. The number of carbonyl (C=O) groups is 1. The summed E-state index contributed by atoms with van der Waals surface area (Å²) < 4.78 is 98.1. The van der Waals surface area contributed by atoms with Gasteiger partial charge in [0.05, 0.1) is 17.9 Å². The summed E-state index contributed by atoms with van der Waals surface area (Å²) in [4.78, 5) is 13.2. The molecule has 0 radical (unpaired) electrons. The Hall–Kier alpha value is -3.06. The number of hydrazine groups is 1. The van der Waals surface area contributed by atoms with Gasteiger partial charge in [0.1, 0.15) is 11.4 Å². The normalized spacial score (nSPS) is 11.9. The van der Waals surface area contributed by atoms with Gasteiger partial charge < -0.3 is 10.1 Å². The molecule has 2 aromatic rings. The molecule has 0 aliphatic rings. The number of ether oxygens (including phenoxy) is 1. The van der Waals surface area contributed by atoms with Gasteiger partial charge in [-0.15, -0.1) is 0 Å². The van der Waals surface area contributed by atoms with Gasteiger partial charge >= 0.3 is 18.4 Å². The zero-order valence-corrected chi connectivity index (χ0v) is 16.1. The SMILES string of the molecule is CNCN(N)c1cc(C(F)(F)F)cc(C(F)(F)F)c1OC(=O)N(C)c1ccc(F)cc1. The van der Waals surface area contributed by atoms with E-state index in [4.69, 9.17) is 10.6 Å². The van der Waals surface area contributed by atoms with Crippen LogP contribution in [0.15, 0.2) is 36.4 Å². The van der Waals surface area contributed by atoms with Crippen LogP contribution in [0.3, 0.4) is 0 Å². The fourth-order valence-electron chi connectivity index (χ4n) is 2.49. The number of anilines is 2. The van der Waals surface area contributed by atoms with Crippen molar-refractivity contribution in [1.29, 1.82) is 0 Å². The fraction of sp³-hybridized carbons (Fsp3) is 0.278. The van der Waals surface area contributed by atoms with Crippen LogP contribution in [0, 0.1) is 5.82 Å². The highest BCUT2D eigenvalue weighted by molar-refractivity contribution is 5.89. The van der Waals surface area contributed by atoms with Crippen LogP contribution in [-0.4, -0.2) is 26.9 Å². The summed E-state index contributed by atoms with van der Waals surface area (Å²) in [6.07, 6.45) is -11.8. The highest BCUT2D eigenvalue weighted by atomic mass is 19.4. The van der Waals surface area contributed by atoms with Gasteiger partial charge in [-0.25, -0.2) is 15.0 Å². The Kier molecular flexibility index (Phi) is 7.01.